The van der Waals surface area contributed by atoms with Crippen LogP contribution < -0.4 is 5.43 Å². The fourth-order valence-electron chi connectivity index (χ4n) is 2.99. The average molecular weight is 337 g/mol. The molecule has 130 valence electrons. The van der Waals surface area contributed by atoms with Crippen molar-refractivity contribution in [2.75, 3.05) is 13.6 Å². The highest BCUT2D eigenvalue weighted by molar-refractivity contribution is 5.85. The summed E-state index contributed by atoms with van der Waals surface area (Å²) in [5.74, 6) is 0.159. The monoisotopic (exact) mass is 337 g/mol. The van der Waals surface area contributed by atoms with E-state index in [4.69, 9.17) is 4.42 Å². The summed E-state index contributed by atoms with van der Waals surface area (Å²) in [6, 6.07) is 12.7. The molecule has 25 heavy (non-hydrogen) atoms. The van der Waals surface area contributed by atoms with E-state index in [-0.39, 0.29) is 11.2 Å². The third-order valence-corrected chi connectivity index (χ3v) is 4.43. The van der Waals surface area contributed by atoms with Gasteiger partial charge in [0.15, 0.2) is 0 Å². The second-order valence-corrected chi connectivity index (χ2v) is 6.38. The van der Waals surface area contributed by atoms with Crippen molar-refractivity contribution in [1.82, 2.24) is 4.90 Å². The number of phenols is 1. The molecule has 3 rings (SSSR count). The number of phenolic OH excluding ortho intramolecular Hbond substituents is 1. The second-order valence-electron chi connectivity index (χ2n) is 6.38. The Balaban J connectivity index is 2.06. The lowest BCUT2D eigenvalue weighted by Gasteiger charge is -2.18. The van der Waals surface area contributed by atoms with Gasteiger partial charge in [-0.15, -0.1) is 0 Å². The van der Waals surface area contributed by atoms with E-state index >= 15 is 0 Å². The van der Waals surface area contributed by atoms with Crippen molar-refractivity contribution in [2.24, 2.45) is 0 Å². The first kappa shape index (κ1) is 17.2. The highest BCUT2D eigenvalue weighted by Gasteiger charge is 2.16. The fraction of sp³-hybridized carbons (Fsp3) is 0.286. The van der Waals surface area contributed by atoms with Crippen LogP contribution in [0.15, 0.2) is 57.9 Å². The van der Waals surface area contributed by atoms with E-state index < -0.39 is 0 Å². The molecule has 0 spiro atoms. The lowest BCUT2D eigenvalue weighted by Crippen LogP contribution is -2.19. The van der Waals surface area contributed by atoms with Gasteiger partial charge in [-0.2, -0.15) is 0 Å². The largest absolute Gasteiger partial charge is 0.507 e. The molecule has 0 radical (unpaired) electrons. The van der Waals surface area contributed by atoms with Gasteiger partial charge in [-0.25, -0.2) is 0 Å². The maximum absolute atomic E-state index is 12.9. The summed E-state index contributed by atoms with van der Waals surface area (Å²) < 4.78 is 5.81. The quantitative estimate of drug-likeness (QED) is 0.724. The van der Waals surface area contributed by atoms with Crippen LogP contribution in [0.4, 0.5) is 0 Å². The van der Waals surface area contributed by atoms with Gasteiger partial charge in [0, 0.05) is 6.54 Å². The van der Waals surface area contributed by atoms with Crippen LogP contribution >= 0.6 is 0 Å². The summed E-state index contributed by atoms with van der Waals surface area (Å²) >= 11 is 0. The number of unbranched alkanes of at least 4 members (excludes halogenated alkanes) is 1. The predicted molar refractivity (Wildman–Crippen MR) is 101 cm³/mol. The van der Waals surface area contributed by atoms with Crippen LogP contribution in [-0.2, 0) is 6.54 Å². The highest BCUT2D eigenvalue weighted by atomic mass is 16.3. The van der Waals surface area contributed by atoms with E-state index in [9.17, 15) is 9.90 Å². The SMILES string of the molecule is CCCCN(C)Cc1c(O)ccc2c(=O)c(-c3ccccc3)coc12. The molecule has 0 saturated carbocycles. The lowest BCUT2D eigenvalue weighted by molar-refractivity contribution is 0.314. The summed E-state index contributed by atoms with van der Waals surface area (Å²) in [6.45, 7) is 3.61. The van der Waals surface area contributed by atoms with E-state index in [2.05, 4.69) is 11.8 Å². The summed E-state index contributed by atoms with van der Waals surface area (Å²) in [5, 5.41) is 10.8. The first-order valence-corrected chi connectivity index (χ1v) is 8.62. The molecule has 2 aromatic carbocycles. The topological polar surface area (TPSA) is 53.7 Å². The Morgan fingerprint density at radius 2 is 1.88 bits per heavy atom. The van der Waals surface area contributed by atoms with Gasteiger partial charge in [-0.05, 0) is 37.7 Å². The highest BCUT2D eigenvalue weighted by Crippen LogP contribution is 2.28. The second kappa shape index (κ2) is 7.53. The molecule has 4 nitrogen and oxygen atoms in total. The molecule has 1 N–H and O–H groups in total. The zero-order valence-electron chi connectivity index (χ0n) is 14.7. The minimum absolute atomic E-state index is 0.0788. The molecule has 0 atom stereocenters. The van der Waals surface area contributed by atoms with Gasteiger partial charge in [-0.1, -0.05) is 43.7 Å². The van der Waals surface area contributed by atoms with E-state index in [0.717, 1.165) is 24.9 Å². The zero-order valence-corrected chi connectivity index (χ0v) is 14.7. The number of hydrogen-bond donors (Lipinski definition) is 1. The van der Waals surface area contributed by atoms with Crippen LogP contribution in [0.1, 0.15) is 25.3 Å². The average Bonchev–Trinajstić information content (AvgIpc) is 2.63. The Kier molecular flexibility index (Phi) is 5.19. The standard InChI is InChI=1S/C21H23NO3/c1-3-4-12-22(2)13-17-19(23)11-10-16-20(24)18(14-25-21(16)17)15-8-6-5-7-9-15/h5-11,14,23H,3-4,12-13H2,1-2H3. The van der Waals surface area contributed by atoms with Crippen LogP contribution in [0.5, 0.6) is 5.75 Å². The summed E-state index contributed by atoms with van der Waals surface area (Å²) in [5.41, 5.74) is 2.41. The van der Waals surface area contributed by atoms with Crippen molar-refractivity contribution in [1.29, 1.82) is 0 Å². The van der Waals surface area contributed by atoms with Gasteiger partial charge < -0.3 is 14.4 Å². The maximum atomic E-state index is 12.9. The van der Waals surface area contributed by atoms with Crippen molar-refractivity contribution in [3.8, 4) is 16.9 Å². The van der Waals surface area contributed by atoms with Gasteiger partial charge in [0.25, 0.3) is 0 Å². The number of aromatic hydroxyl groups is 1. The van der Waals surface area contributed by atoms with Gasteiger partial charge in [0.05, 0.1) is 16.5 Å². The van der Waals surface area contributed by atoms with Gasteiger partial charge in [0.1, 0.15) is 17.6 Å². The first-order chi connectivity index (χ1) is 12.1. The maximum Gasteiger partial charge on any atom is 0.200 e. The molecule has 4 heteroatoms. The number of nitrogens with zero attached hydrogens (tertiary/aromatic N) is 1. The molecular formula is C21H23NO3. The molecule has 0 aliphatic heterocycles. The fourth-order valence-corrected chi connectivity index (χ4v) is 2.99. The first-order valence-electron chi connectivity index (χ1n) is 8.62. The predicted octanol–water partition coefficient (Wildman–Crippen LogP) is 4.40. The Morgan fingerprint density at radius 1 is 1.12 bits per heavy atom. The van der Waals surface area contributed by atoms with Crippen LogP contribution in [0, 0.1) is 0 Å². The molecule has 0 unspecified atom stereocenters. The summed E-state index contributed by atoms with van der Waals surface area (Å²) in [6.07, 6.45) is 3.69. The van der Waals surface area contributed by atoms with Crippen molar-refractivity contribution in [3.05, 3.63) is 64.5 Å². The van der Waals surface area contributed by atoms with Crippen LogP contribution in [0.3, 0.4) is 0 Å². The smallest absolute Gasteiger partial charge is 0.200 e. The summed E-state index contributed by atoms with van der Waals surface area (Å²) in [4.78, 5) is 15.0. The van der Waals surface area contributed by atoms with E-state index in [0.29, 0.717) is 28.6 Å². The van der Waals surface area contributed by atoms with Crippen LogP contribution in [0.25, 0.3) is 22.1 Å². The van der Waals surface area contributed by atoms with E-state index in [1.807, 2.05) is 37.4 Å². The number of rotatable bonds is 6. The molecule has 0 aliphatic rings. The molecule has 0 fully saturated rings. The summed E-state index contributed by atoms with van der Waals surface area (Å²) in [7, 11) is 2.00. The van der Waals surface area contributed by atoms with Crippen molar-refractivity contribution in [2.45, 2.75) is 26.3 Å². The molecule has 0 amide bonds. The van der Waals surface area contributed by atoms with E-state index in [1.165, 1.54) is 6.26 Å². The van der Waals surface area contributed by atoms with Crippen molar-refractivity contribution >= 4 is 11.0 Å². The Morgan fingerprint density at radius 3 is 2.60 bits per heavy atom. The van der Waals surface area contributed by atoms with Gasteiger partial charge in [-0.3, -0.25) is 4.79 Å². The molecule has 0 bridgehead atoms. The molecule has 1 heterocycles. The van der Waals surface area contributed by atoms with Crippen molar-refractivity contribution in [3.63, 3.8) is 0 Å². The Hall–Kier alpha value is -2.59. The van der Waals surface area contributed by atoms with Gasteiger partial charge >= 0.3 is 0 Å². The molecular weight excluding hydrogens is 314 g/mol. The van der Waals surface area contributed by atoms with Crippen LogP contribution in [-0.4, -0.2) is 23.6 Å². The number of fused-ring (bicyclic) bond motifs is 1. The van der Waals surface area contributed by atoms with E-state index in [1.54, 1.807) is 12.1 Å². The van der Waals surface area contributed by atoms with Crippen LogP contribution in [0.2, 0.25) is 0 Å². The zero-order chi connectivity index (χ0) is 17.8. The minimum Gasteiger partial charge on any atom is -0.507 e. The molecule has 1 aromatic heterocycles. The third kappa shape index (κ3) is 3.59. The Bertz CT molecular complexity index is 916. The normalized spacial score (nSPS) is 11.3. The number of hydrogen-bond acceptors (Lipinski definition) is 4. The molecule has 0 aliphatic carbocycles. The minimum atomic E-state index is -0.0788. The van der Waals surface area contributed by atoms with Crippen molar-refractivity contribution < 1.29 is 9.52 Å². The number of benzene rings is 2. The Labute approximate surface area is 147 Å². The lowest BCUT2D eigenvalue weighted by atomic mass is 10.0. The molecule has 3 aromatic rings. The molecule has 0 saturated heterocycles. The third-order valence-electron chi connectivity index (χ3n) is 4.43. The van der Waals surface area contributed by atoms with Gasteiger partial charge in [0.2, 0.25) is 5.43 Å².